The first-order chi connectivity index (χ1) is 8.09. The molecule has 0 aliphatic heterocycles. The number of hydrogen-bond donors (Lipinski definition) is 0. The Kier molecular flexibility index (Phi) is 6.75. The highest BCUT2D eigenvalue weighted by molar-refractivity contribution is 6.84. The summed E-state index contributed by atoms with van der Waals surface area (Å²) >= 11 is 0. The normalized spacial score (nSPS) is 12.9. The van der Waals surface area contributed by atoms with Crippen LogP contribution in [0.2, 0.25) is 39.3 Å². The van der Waals surface area contributed by atoms with Crippen molar-refractivity contribution in [2.75, 3.05) is 0 Å². The summed E-state index contributed by atoms with van der Waals surface area (Å²) in [5.41, 5.74) is 9.43. The maximum atomic E-state index is 3.46. The molecule has 0 saturated carbocycles. The van der Waals surface area contributed by atoms with Crippen molar-refractivity contribution in [2.45, 2.75) is 66.0 Å². The van der Waals surface area contributed by atoms with Crippen LogP contribution in [0.1, 0.15) is 26.7 Å². The fourth-order valence-corrected chi connectivity index (χ4v) is 2.33. The Labute approximate surface area is 116 Å². The van der Waals surface area contributed by atoms with Crippen LogP contribution in [0.25, 0.3) is 0 Å². The fraction of sp³-hybridized carbons (Fsp3) is 0.625. The zero-order chi connectivity index (χ0) is 14.4. The van der Waals surface area contributed by atoms with E-state index in [0.29, 0.717) is 0 Å². The quantitative estimate of drug-likeness (QED) is 0.499. The third kappa shape index (κ3) is 8.39. The van der Waals surface area contributed by atoms with E-state index in [0.717, 1.165) is 12.8 Å². The highest BCUT2D eigenvalue weighted by Crippen LogP contribution is 2.12. The summed E-state index contributed by atoms with van der Waals surface area (Å²) in [5, 5.41) is 0. The molecule has 0 spiro atoms. The van der Waals surface area contributed by atoms with Crippen LogP contribution in [0.5, 0.6) is 0 Å². The first-order valence-corrected chi connectivity index (χ1v) is 13.9. The van der Waals surface area contributed by atoms with E-state index < -0.39 is 16.1 Å². The Balaban J connectivity index is 5.42. The first kappa shape index (κ1) is 17.3. The van der Waals surface area contributed by atoms with E-state index in [9.17, 15) is 0 Å². The molecule has 100 valence electrons. The van der Waals surface area contributed by atoms with Gasteiger partial charge in [-0.15, -0.1) is 11.1 Å². The molecule has 0 fully saturated rings. The fourth-order valence-electron chi connectivity index (χ4n) is 1.28. The van der Waals surface area contributed by atoms with Gasteiger partial charge in [-0.05, 0) is 12.8 Å². The van der Waals surface area contributed by atoms with E-state index >= 15 is 0 Å². The number of hydrogen-bond acceptors (Lipinski definition) is 0. The molecule has 0 unspecified atom stereocenters. The second kappa shape index (κ2) is 7.02. The van der Waals surface area contributed by atoms with Crippen molar-refractivity contribution in [3.05, 3.63) is 11.1 Å². The molecule has 0 rings (SSSR count). The minimum Gasteiger partial charge on any atom is -0.127 e. The Morgan fingerprint density at radius 2 is 0.944 bits per heavy atom. The minimum absolute atomic E-state index is 1.00. The van der Waals surface area contributed by atoms with E-state index in [1.807, 2.05) is 0 Å². The van der Waals surface area contributed by atoms with Crippen molar-refractivity contribution in [2.24, 2.45) is 0 Å². The predicted molar refractivity (Wildman–Crippen MR) is 89.9 cm³/mol. The van der Waals surface area contributed by atoms with Gasteiger partial charge in [0.05, 0.1) is 0 Å². The van der Waals surface area contributed by atoms with Crippen LogP contribution in [0.15, 0.2) is 11.1 Å². The molecule has 0 aromatic heterocycles. The zero-order valence-electron chi connectivity index (χ0n) is 13.4. The predicted octanol–water partition coefficient (Wildman–Crippen LogP) is 4.86. The first-order valence-electron chi connectivity index (χ1n) is 6.87. The van der Waals surface area contributed by atoms with E-state index in [1.54, 1.807) is 0 Å². The highest BCUT2D eigenvalue weighted by Gasteiger charge is 2.09. The average Bonchev–Trinajstić information content (AvgIpc) is 2.20. The van der Waals surface area contributed by atoms with E-state index in [-0.39, 0.29) is 0 Å². The SMILES string of the molecule is CC/C(C#C[Si](C)(C)C)=C(\C#C[Si](C)(C)C)CC. The van der Waals surface area contributed by atoms with Gasteiger partial charge in [0, 0.05) is 11.1 Å². The second-order valence-corrected chi connectivity index (χ2v) is 16.2. The number of rotatable bonds is 2. The molecule has 18 heavy (non-hydrogen) atoms. The lowest BCUT2D eigenvalue weighted by Crippen LogP contribution is -2.17. The van der Waals surface area contributed by atoms with Crippen LogP contribution < -0.4 is 0 Å². The molecule has 0 aliphatic rings. The van der Waals surface area contributed by atoms with E-state index in [2.05, 4.69) is 76.1 Å². The summed E-state index contributed by atoms with van der Waals surface area (Å²) < 4.78 is 0. The lowest BCUT2D eigenvalue weighted by atomic mass is 10.1. The summed E-state index contributed by atoms with van der Waals surface area (Å²) in [4.78, 5) is 0. The summed E-state index contributed by atoms with van der Waals surface area (Å²) in [7, 11) is -2.58. The summed E-state index contributed by atoms with van der Waals surface area (Å²) in [6, 6.07) is 0. The largest absolute Gasteiger partial charge is 0.129 e. The van der Waals surface area contributed by atoms with Gasteiger partial charge in [-0.25, -0.2) is 0 Å². The van der Waals surface area contributed by atoms with Gasteiger partial charge in [0.25, 0.3) is 0 Å². The van der Waals surface area contributed by atoms with Crippen molar-refractivity contribution in [3.63, 3.8) is 0 Å². The number of allylic oxidation sites excluding steroid dienone is 2. The van der Waals surface area contributed by atoms with Crippen molar-refractivity contribution in [1.82, 2.24) is 0 Å². The monoisotopic (exact) mass is 276 g/mol. The van der Waals surface area contributed by atoms with Gasteiger partial charge < -0.3 is 0 Å². The van der Waals surface area contributed by atoms with Gasteiger partial charge in [0.2, 0.25) is 0 Å². The molecule has 0 aromatic rings. The van der Waals surface area contributed by atoms with Crippen LogP contribution in [0.4, 0.5) is 0 Å². The molecule has 2 heteroatoms. The van der Waals surface area contributed by atoms with E-state index in [4.69, 9.17) is 0 Å². The molecule has 0 heterocycles. The summed E-state index contributed by atoms with van der Waals surface area (Å²) in [6.45, 7) is 18.1. The smallest absolute Gasteiger partial charge is 0.127 e. The molecule has 0 atom stereocenters. The third-order valence-electron chi connectivity index (χ3n) is 2.25. The maximum Gasteiger partial charge on any atom is 0.129 e. The van der Waals surface area contributed by atoms with Crippen LogP contribution in [-0.2, 0) is 0 Å². The highest BCUT2D eigenvalue weighted by atomic mass is 28.3. The van der Waals surface area contributed by atoms with Crippen molar-refractivity contribution >= 4 is 16.1 Å². The lowest BCUT2D eigenvalue weighted by Gasteiger charge is -2.07. The standard InChI is InChI=1S/C16H28Si2/c1-9-15(11-13-17(3,4)5)16(10-2)12-14-18(6,7)8/h9-10H2,1-8H3/b16-15+. The molecule has 0 radical (unpaired) electrons. The van der Waals surface area contributed by atoms with Crippen LogP contribution >= 0.6 is 0 Å². The second-order valence-electron chi connectivity index (χ2n) is 6.66. The molecule has 0 N–H and O–H groups in total. The molecular weight excluding hydrogens is 248 g/mol. The lowest BCUT2D eigenvalue weighted by molar-refractivity contribution is 1.07. The van der Waals surface area contributed by atoms with Crippen molar-refractivity contribution < 1.29 is 0 Å². The molecular formula is C16H28Si2. The van der Waals surface area contributed by atoms with Gasteiger partial charge in [0.1, 0.15) is 16.1 Å². The van der Waals surface area contributed by atoms with Gasteiger partial charge in [-0.2, -0.15) is 0 Å². The van der Waals surface area contributed by atoms with Gasteiger partial charge in [-0.1, -0.05) is 65.0 Å². The molecule has 0 saturated heterocycles. The summed E-state index contributed by atoms with van der Waals surface area (Å²) in [5.74, 6) is 6.80. The average molecular weight is 277 g/mol. The van der Waals surface area contributed by atoms with Gasteiger partial charge in [0.15, 0.2) is 0 Å². The Hall–Kier alpha value is -0.706. The van der Waals surface area contributed by atoms with Crippen LogP contribution in [0, 0.1) is 22.9 Å². The Morgan fingerprint density at radius 3 is 1.11 bits per heavy atom. The molecule has 0 amide bonds. The van der Waals surface area contributed by atoms with Gasteiger partial charge >= 0.3 is 0 Å². The van der Waals surface area contributed by atoms with Gasteiger partial charge in [-0.3, -0.25) is 0 Å². The maximum absolute atomic E-state index is 3.46. The van der Waals surface area contributed by atoms with Crippen LogP contribution in [-0.4, -0.2) is 16.1 Å². The topological polar surface area (TPSA) is 0 Å². The summed E-state index contributed by atoms with van der Waals surface area (Å²) in [6.07, 6.45) is 2.00. The van der Waals surface area contributed by atoms with Crippen molar-refractivity contribution in [1.29, 1.82) is 0 Å². The van der Waals surface area contributed by atoms with Crippen molar-refractivity contribution in [3.8, 4) is 22.9 Å². The molecule has 0 nitrogen and oxygen atoms in total. The molecule has 0 bridgehead atoms. The van der Waals surface area contributed by atoms with Crippen LogP contribution in [0.3, 0.4) is 0 Å². The zero-order valence-corrected chi connectivity index (χ0v) is 15.4. The molecule has 0 aliphatic carbocycles. The molecule has 0 aromatic carbocycles. The third-order valence-corrected chi connectivity index (χ3v) is 4.00. The Morgan fingerprint density at radius 1 is 0.667 bits per heavy atom. The van der Waals surface area contributed by atoms with E-state index in [1.165, 1.54) is 11.1 Å². The Bertz CT molecular complexity index is 378. The minimum atomic E-state index is -1.29.